The van der Waals surface area contributed by atoms with Crippen molar-refractivity contribution < 1.29 is 4.79 Å². The molecule has 3 nitrogen and oxygen atoms in total. The predicted molar refractivity (Wildman–Crippen MR) is 103 cm³/mol. The van der Waals surface area contributed by atoms with Crippen LogP contribution in [0.1, 0.15) is 12.5 Å². The monoisotopic (exact) mass is 354 g/mol. The molecule has 1 heterocycles. The molecule has 0 spiro atoms. The van der Waals surface area contributed by atoms with Crippen molar-refractivity contribution in [3.63, 3.8) is 0 Å². The number of carbonyl (C=O) groups is 1. The van der Waals surface area contributed by atoms with Crippen molar-refractivity contribution in [3.05, 3.63) is 65.5 Å². The standard InChI is InChI=1S/C19H18N2OS2/c1-13-8-6-7-11-16(13)20-18(22)14(2)24-19-21-17(12-23-19)15-9-4-3-5-10-15/h3-12,14H,1-2H3,(H,20,22). The smallest absolute Gasteiger partial charge is 0.237 e. The first-order valence-electron chi connectivity index (χ1n) is 7.67. The largest absolute Gasteiger partial charge is 0.325 e. The van der Waals surface area contributed by atoms with Gasteiger partial charge in [-0.15, -0.1) is 11.3 Å². The van der Waals surface area contributed by atoms with Crippen LogP contribution in [0, 0.1) is 6.92 Å². The topological polar surface area (TPSA) is 42.0 Å². The third-order valence-electron chi connectivity index (χ3n) is 3.60. The van der Waals surface area contributed by atoms with E-state index in [1.54, 1.807) is 11.3 Å². The number of anilines is 1. The Labute approximate surface area is 150 Å². The molecule has 0 aliphatic carbocycles. The van der Waals surface area contributed by atoms with Gasteiger partial charge in [0.25, 0.3) is 0 Å². The molecule has 1 N–H and O–H groups in total. The zero-order valence-electron chi connectivity index (χ0n) is 13.5. The number of rotatable bonds is 5. The van der Waals surface area contributed by atoms with Crippen LogP contribution in [0.25, 0.3) is 11.3 Å². The summed E-state index contributed by atoms with van der Waals surface area (Å²) >= 11 is 3.06. The molecule has 1 unspecified atom stereocenters. The van der Waals surface area contributed by atoms with Crippen LogP contribution in [0.2, 0.25) is 0 Å². The van der Waals surface area contributed by atoms with E-state index in [4.69, 9.17) is 0 Å². The molecule has 1 aromatic heterocycles. The minimum Gasteiger partial charge on any atom is -0.325 e. The second-order valence-electron chi connectivity index (χ2n) is 5.43. The van der Waals surface area contributed by atoms with E-state index < -0.39 is 0 Å². The summed E-state index contributed by atoms with van der Waals surface area (Å²) in [5.41, 5.74) is 3.97. The molecule has 0 saturated carbocycles. The number of thioether (sulfide) groups is 1. The van der Waals surface area contributed by atoms with Gasteiger partial charge in [-0.1, -0.05) is 60.3 Å². The third-order valence-corrected chi connectivity index (χ3v) is 5.67. The van der Waals surface area contributed by atoms with Gasteiger partial charge in [0.1, 0.15) is 0 Å². The maximum absolute atomic E-state index is 12.4. The summed E-state index contributed by atoms with van der Waals surface area (Å²) < 4.78 is 0.904. The van der Waals surface area contributed by atoms with E-state index in [0.717, 1.165) is 26.8 Å². The van der Waals surface area contributed by atoms with Gasteiger partial charge in [0.15, 0.2) is 4.34 Å². The van der Waals surface area contributed by atoms with Crippen molar-refractivity contribution in [3.8, 4) is 11.3 Å². The summed E-state index contributed by atoms with van der Waals surface area (Å²) in [6, 6.07) is 17.9. The summed E-state index contributed by atoms with van der Waals surface area (Å²) in [5.74, 6) is -0.00855. The summed E-state index contributed by atoms with van der Waals surface area (Å²) in [4.78, 5) is 17.0. The Morgan fingerprint density at radius 3 is 2.58 bits per heavy atom. The Kier molecular flexibility index (Phi) is 5.33. The van der Waals surface area contributed by atoms with Crippen LogP contribution >= 0.6 is 23.1 Å². The first kappa shape index (κ1) is 16.7. The van der Waals surface area contributed by atoms with Gasteiger partial charge in [0.05, 0.1) is 10.9 Å². The summed E-state index contributed by atoms with van der Waals surface area (Å²) in [6.07, 6.45) is 0. The number of thiazole rings is 1. The molecule has 3 rings (SSSR count). The van der Waals surface area contributed by atoms with Crippen LogP contribution in [0.15, 0.2) is 64.3 Å². The van der Waals surface area contributed by atoms with Gasteiger partial charge in [-0.05, 0) is 25.5 Å². The summed E-state index contributed by atoms with van der Waals surface area (Å²) in [5, 5.41) is 4.81. The first-order chi connectivity index (χ1) is 11.6. The number of aromatic nitrogens is 1. The van der Waals surface area contributed by atoms with Crippen LogP contribution in [-0.4, -0.2) is 16.1 Å². The Balaban J connectivity index is 1.65. The molecule has 3 aromatic rings. The number of nitrogens with one attached hydrogen (secondary N) is 1. The van der Waals surface area contributed by atoms with Crippen molar-refractivity contribution in [1.82, 2.24) is 4.98 Å². The SMILES string of the molecule is Cc1ccccc1NC(=O)C(C)Sc1nc(-c2ccccc2)cs1. The van der Waals surface area contributed by atoms with E-state index in [-0.39, 0.29) is 11.2 Å². The number of amides is 1. The lowest BCUT2D eigenvalue weighted by Crippen LogP contribution is -2.22. The molecule has 122 valence electrons. The Morgan fingerprint density at radius 1 is 1.12 bits per heavy atom. The lowest BCUT2D eigenvalue weighted by Gasteiger charge is -2.12. The number of aryl methyl sites for hydroxylation is 1. The molecular weight excluding hydrogens is 336 g/mol. The Morgan fingerprint density at radius 2 is 1.83 bits per heavy atom. The molecular formula is C19H18N2OS2. The lowest BCUT2D eigenvalue weighted by atomic mass is 10.2. The quantitative estimate of drug-likeness (QED) is 0.637. The van der Waals surface area contributed by atoms with Gasteiger partial charge < -0.3 is 5.32 Å². The molecule has 24 heavy (non-hydrogen) atoms. The lowest BCUT2D eigenvalue weighted by molar-refractivity contribution is -0.115. The number of benzene rings is 2. The number of hydrogen-bond donors (Lipinski definition) is 1. The highest BCUT2D eigenvalue weighted by molar-refractivity contribution is 8.02. The zero-order valence-corrected chi connectivity index (χ0v) is 15.2. The third kappa shape index (κ3) is 4.04. The van der Waals surface area contributed by atoms with Gasteiger partial charge in [-0.25, -0.2) is 4.98 Å². The van der Waals surface area contributed by atoms with Gasteiger partial charge in [-0.2, -0.15) is 0 Å². The van der Waals surface area contributed by atoms with E-state index in [2.05, 4.69) is 10.3 Å². The highest BCUT2D eigenvalue weighted by atomic mass is 32.2. The van der Waals surface area contributed by atoms with Crippen molar-refractivity contribution in [2.75, 3.05) is 5.32 Å². The van der Waals surface area contributed by atoms with E-state index >= 15 is 0 Å². The fraction of sp³-hybridized carbons (Fsp3) is 0.158. The molecule has 2 aromatic carbocycles. The Bertz CT molecular complexity index is 830. The normalized spacial score (nSPS) is 11.9. The van der Waals surface area contributed by atoms with Crippen LogP contribution in [0.5, 0.6) is 0 Å². The van der Waals surface area contributed by atoms with E-state index in [1.165, 1.54) is 11.8 Å². The van der Waals surface area contributed by atoms with Crippen molar-refractivity contribution in [1.29, 1.82) is 0 Å². The highest BCUT2D eigenvalue weighted by Gasteiger charge is 2.17. The zero-order chi connectivity index (χ0) is 16.9. The van der Waals surface area contributed by atoms with Gasteiger partial charge >= 0.3 is 0 Å². The van der Waals surface area contributed by atoms with E-state index in [1.807, 2.05) is 73.8 Å². The summed E-state index contributed by atoms with van der Waals surface area (Å²) in [6.45, 7) is 3.89. The summed E-state index contributed by atoms with van der Waals surface area (Å²) in [7, 11) is 0. The first-order valence-corrected chi connectivity index (χ1v) is 9.43. The van der Waals surface area contributed by atoms with Crippen molar-refractivity contribution >= 4 is 34.7 Å². The maximum Gasteiger partial charge on any atom is 0.237 e. The predicted octanol–water partition coefficient (Wildman–Crippen LogP) is 5.24. The van der Waals surface area contributed by atoms with Crippen LogP contribution < -0.4 is 5.32 Å². The van der Waals surface area contributed by atoms with Gasteiger partial charge in [0, 0.05) is 16.6 Å². The fourth-order valence-electron chi connectivity index (χ4n) is 2.21. The van der Waals surface area contributed by atoms with Crippen molar-refractivity contribution in [2.24, 2.45) is 0 Å². The number of nitrogens with zero attached hydrogens (tertiary/aromatic N) is 1. The molecule has 0 radical (unpaired) electrons. The molecule has 1 amide bonds. The minimum atomic E-state index is -0.209. The second kappa shape index (κ2) is 7.64. The average Bonchev–Trinajstić information content (AvgIpc) is 3.06. The van der Waals surface area contributed by atoms with E-state index in [0.29, 0.717) is 0 Å². The average molecular weight is 354 g/mol. The van der Waals surface area contributed by atoms with Gasteiger partial charge in [-0.3, -0.25) is 4.79 Å². The van der Waals surface area contributed by atoms with Gasteiger partial charge in [0.2, 0.25) is 5.91 Å². The van der Waals surface area contributed by atoms with Crippen LogP contribution in [-0.2, 0) is 4.79 Å². The highest BCUT2D eigenvalue weighted by Crippen LogP contribution is 2.31. The van der Waals surface area contributed by atoms with Crippen LogP contribution in [0.3, 0.4) is 0 Å². The van der Waals surface area contributed by atoms with E-state index in [9.17, 15) is 4.79 Å². The molecule has 1 atom stereocenters. The second-order valence-corrected chi connectivity index (χ2v) is 7.87. The molecule has 0 saturated heterocycles. The number of para-hydroxylation sites is 1. The molecule has 0 aliphatic rings. The fourth-order valence-corrected chi connectivity index (χ4v) is 4.18. The minimum absolute atomic E-state index is 0.00855. The van der Waals surface area contributed by atoms with Crippen molar-refractivity contribution in [2.45, 2.75) is 23.4 Å². The molecule has 0 fully saturated rings. The molecule has 5 heteroatoms. The molecule has 0 bridgehead atoms. The van der Waals surface area contributed by atoms with Crippen LogP contribution in [0.4, 0.5) is 5.69 Å². The molecule has 0 aliphatic heterocycles. The number of carbonyl (C=O) groups excluding carboxylic acids is 1. The number of hydrogen-bond acceptors (Lipinski definition) is 4. The maximum atomic E-state index is 12.4. The Hall–Kier alpha value is -2.11.